The van der Waals surface area contributed by atoms with Crippen LogP contribution in [0.3, 0.4) is 0 Å². The van der Waals surface area contributed by atoms with Crippen molar-refractivity contribution in [3.05, 3.63) is 24.3 Å². The molecule has 2 heterocycles. The van der Waals surface area contributed by atoms with E-state index in [1.807, 2.05) is 0 Å². The van der Waals surface area contributed by atoms with Crippen molar-refractivity contribution in [2.75, 3.05) is 10.9 Å². The number of anilines is 2. The molecule has 158 valence electrons. The van der Waals surface area contributed by atoms with Crippen LogP contribution < -0.4 is 10.9 Å². The van der Waals surface area contributed by atoms with Gasteiger partial charge in [-0.05, 0) is 24.3 Å². The summed E-state index contributed by atoms with van der Waals surface area (Å²) in [5.41, 5.74) is 4.85. The number of carbonyl (C=O) groups excluding carboxylic acids is 4. The third-order valence-corrected chi connectivity index (χ3v) is 3.61. The maximum atomic E-state index is 11.8. The first-order chi connectivity index (χ1) is 14.0. The van der Waals surface area contributed by atoms with Crippen LogP contribution in [0.15, 0.2) is 34.5 Å². The minimum absolute atomic E-state index is 0.421. The number of rotatable bonds is 4. The number of ether oxygens (including phenoxy) is 4. The molecule has 0 spiro atoms. The molecule has 0 radical (unpaired) electrons. The fourth-order valence-electron chi connectivity index (χ4n) is 2.34. The molecule has 0 aromatic heterocycles. The number of esters is 4. The molecule has 2 saturated heterocycles. The van der Waals surface area contributed by atoms with Gasteiger partial charge < -0.3 is 18.9 Å². The molecule has 12 heteroatoms. The van der Waals surface area contributed by atoms with E-state index in [0.717, 1.165) is 0 Å². The lowest BCUT2D eigenvalue weighted by atomic mass is 10.3. The van der Waals surface area contributed by atoms with Gasteiger partial charge in [0.05, 0.1) is 11.4 Å². The molecule has 2 N–H and O–H groups in total. The van der Waals surface area contributed by atoms with Gasteiger partial charge in [0.25, 0.3) is 23.0 Å². The van der Waals surface area contributed by atoms with Gasteiger partial charge in [-0.2, -0.15) is 10.2 Å². The first-order valence-electron chi connectivity index (χ1n) is 8.67. The fraction of sp³-hybridized carbons (Fsp3) is 0.333. The van der Waals surface area contributed by atoms with E-state index in [9.17, 15) is 19.2 Å². The highest BCUT2D eigenvalue weighted by Gasteiger charge is 2.41. The summed E-state index contributed by atoms with van der Waals surface area (Å²) >= 11 is 0. The lowest BCUT2D eigenvalue weighted by Gasteiger charge is -2.29. The lowest BCUT2D eigenvalue weighted by molar-refractivity contribution is -0.216. The highest BCUT2D eigenvalue weighted by Crippen LogP contribution is 2.20. The number of cyclic esters (lactones) is 4. The second-order valence-electron chi connectivity index (χ2n) is 7.08. The van der Waals surface area contributed by atoms with Crippen molar-refractivity contribution in [3.63, 3.8) is 0 Å². The molecule has 0 atom stereocenters. The molecule has 0 saturated carbocycles. The third-order valence-electron chi connectivity index (χ3n) is 3.61. The zero-order valence-electron chi connectivity index (χ0n) is 16.5. The average Bonchev–Trinajstić information content (AvgIpc) is 2.59. The topological polar surface area (TPSA) is 154 Å². The highest BCUT2D eigenvalue weighted by molar-refractivity contribution is 6.63. The van der Waals surface area contributed by atoms with Crippen molar-refractivity contribution in [1.29, 1.82) is 0 Å². The van der Waals surface area contributed by atoms with E-state index in [-0.39, 0.29) is 0 Å². The molecule has 2 aliphatic heterocycles. The minimum atomic E-state index is -1.35. The molecule has 3 rings (SSSR count). The molecule has 2 aliphatic rings. The molecule has 0 unspecified atom stereocenters. The minimum Gasteiger partial charge on any atom is -0.418 e. The fourth-order valence-corrected chi connectivity index (χ4v) is 2.34. The number of hydrogen-bond donors (Lipinski definition) is 2. The van der Waals surface area contributed by atoms with Gasteiger partial charge in [-0.25, -0.2) is 19.2 Å². The molecule has 1 aromatic carbocycles. The number of nitrogens with zero attached hydrogens (tertiary/aromatic N) is 2. The first kappa shape index (κ1) is 20.8. The van der Waals surface area contributed by atoms with Crippen molar-refractivity contribution < 1.29 is 38.1 Å². The molecule has 30 heavy (non-hydrogen) atoms. The summed E-state index contributed by atoms with van der Waals surface area (Å²) in [7, 11) is 0. The van der Waals surface area contributed by atoms with E-state index in [2.05, 4.69) is 21.1 Å². The quantitative estimate of drug-likeness (QED) is 0.532. The van der Waals surface area contributed by atoms with Crippen LogP contribution in [0.5, 0.6) is 0 Å². The molecule has 0 aliphatic carbocycles. The smallest absolute Gasteiger partial charge is 0.369 e. The van der Waals surface area contributed by atoms with Crippen LogP contribution in [0.2, 0.25) is 0 Å². The van der Waals surface area contributed by atoms with Crippen molar-refractivity contribution in [3.8, 4) is 0 Å². The normalized spacial score (nSPS) is 19.7. The maximum absolute atomic E-state index is 11.8. The molecule has 2 fully saturated rings. The van der Waals surface area contributed by atoms with Gasteiger partial charge in [0.2, 0.25) is 0 Å². The maximum Gasteiger partial charge on any atom is 0.369 e. The summed E-state index contributed by atoms with van der Waals surface area (Å²) in [5, 5.41) is 7.42. The monoisotopic (exact) mass is 418 g/mol. The van der Waals surface area contributed by atoms with Crippen molar-refractivity contribution >= 4 is 46.7 Å². The van der Waals surface area contributed by atoms with Gasteiger partial charge in [0, 0.05) is 27.7 Å². The Morgan fingerprint density at radius 1 is 0.600 bits per heavy atom. The average molecular weight is 418 g/mol. The van der Waals surface area contributed by atoms with Gasteiger partial charge in [-0.1, -0.05) is 0 Å². The standard InChI is InChI=1S/C18H18N4O8/c1-17(2)27-13(23)11(14(24)28-17)21-19-9-5-7-10(8-6-9)20-22-12-15(25)29-18(3,4)30-16(12)26/h5-8,19-20H,1-4H3. The molecule has 1 aromatic rings. The molecular weight excluding hydrogens is 400 g/mol. The zero-order chi connectivity index (χ0) is 22.1. The Kier molecular flexibility index (Phi) is 5.16. The van der Waals surface area contributed by atoms with Crippen molar-refractivity contribution in [2.45, 2.75) is 39.3 Å². The summed E-state index contributed by atoms with van der Waals surface area (Å²) in [6, 6.07) is 6.15. The zero-order valence-corrected chi connectivity index (χ0v) is 16.5. The third kappa shape index (κ3) is 4.71. The second kappa shape index (κ2) is 7.46. The Bertz CT molecular complexity index is 855. The summed E-state index contributed by atoms with van der Waals surface area (Å²) in [4.78, 5) is 47.3. The number of carbonyl (C=O) groups is 4. The van der Waals surface area contributed by atoms with Crippen molar-refractivity contribution in [2.24, 2.45) is 10.2 Å². The van der Waals surface area contributed by atoms with Crippen molar-refractivity contribution in [1.82, 2.24) is 0 Å². The SMILES string of the molecule is CC1(C)OC(=O)C(=NNc2ccc(NN=C3C(=O)OC(C)(C)OC3=O)cc2)C(=O)O1. The summed E-state index contributed by atoms with van der Waals surface area (Å²) in [6.45, 7) is 5.70. The summed E-state index contributed by atoms with van der Waals surface area (Å²) in [5.74, 6) is -6.34. The van der Waals surface area contributed by atoms with E-state index in [1.165, 1.54) is 52.0 Å². The van der Waals surface area contributed by atoms with Gasteiger partial charge >= 0.3 is 23.9 Å². The van der Waals surface area contributed by atoms with Gasteiger partial charge in [0.1, 0.15) is 0 Å². The Labute approximate surface area is 170 Å². The van der Waals surface area contributed by atoms with Crippen LogP contribution in [-0.4, -0.2) is 46.9 Å². The Hall–Kier alpha value is -3.96. The summed E-state index contributed by atoms with van der Waals surface area (Å²) in [6.07, 6.45) is 0. The summed E-state index contributed by atoms with van der Waals surface area (Å²) < 4.78 is 19.7. The van der Waals surface area contributed by atoms with E-state index in [1.54, 1.807) is 0 Å². The number of benzene rings is 1. The molecule has 0 bridgehead atoms. The number of hydrogen-bond acceptors (Lipinski definition) is 12. The Morgan fingerprint density at radius 2 is 0.867 bits per heavy atom. The highest BCUT2D eigenvalue weighted by atomic mass is 16.8. The van der Waals surface area contributed by atoms with Crippen LogP contribution in [-0.2, 0) is 38.1 Å². The second-order valence-corrected chi connectivity index (χ2v) is 7.08. The number of hydrazone groups is 2. The van der Waals surface area contributed by atoms with Crippen LogP contribution in [0.1, 0.15) is 27.7 Å². The van der Waals surface area contributed by atoms with Gasteiger partial charge in [0.15, 0.2) is 0 Å². The van der Waals surface area contributed by atoms with E-state index < -0.39 is 46.9 Å². The van der Waals surface area contributed by atoms with Crippen LogP contribution in [0, 0.1) is 0 Å². The van der Waals surface area contributed by atoms with Crippen LogP contribution >= 0.6 is 0 Å². The van der Waals surface area contributed by atoms with Gasteiger partial charge in [-0.15, -0.1) is 0 Å². The Morgan fingerprint density at radius 3 is 1.13 bits per heavy atom. The first-order valence-corrected chi connectivity index (χ1v) is 8.67. The number of nitrogens with one attached hydrogen (secondary N) is 2. The van der Waals surface area contributed by atoms with E-state index in [0.29, 0.717) is 11.4 Å². The van der Waals surface area contributed by atoms with E-state index >= 15 is 0 Å². The molecule has 12 nitrogen and oxygen atoms in total. The predicted molar refractivity (Wildman–Crippen MR) is 101 cm³/mol. The van der Waals surface area contributed by atoms with Gasteiger partial charge in [-0.3, -0.25) is 10.9 Å². The van der Waals surface area contributed by atoms with E-state index in [4.69, 9.17) is 18.9 Å². The predicted octanol–water partition coefficient (Wildman–Crippen LogP) is 0.895. The van der Waals surface area contributed by atoms with Crippen LogP contribution in [0.25, 0.3) is 0 Å². The Balaban J connectivity index is 1.63. The lowest BCUT2D eigenvalue weighted by Crippen LogP contribution is -2.47. The largest absolute Gasteiger partial charge is 0.418 e. The molecule has 0 amide bonds. The molecular formula is C18H18N4O8. The van der Waals surface area contributed by atoms with Crippen LogP contribution in [0.4, 0.5) is 11.4 Å².